The molecule has 0 unspecified atom stereocenters. The Kier molecular flexibility index (Phi) is 4.75. The van der Waals surface area contributed by atoms with Crippen LogP contribution in [-0.4, -0.2) is 35.9 Å². The number of nitrogens with one attached hydrogen (secondary N) is 1. The highest BCUT2D eigenvalue weighted by Crippen LogP contribution is 2.26. The van der Waals surface area contributed by atoms with E-state index in [0.717, 1.165) is 19.3 Å². The van der Waals surface area contributed by atoms with Crippen molar-refractivity contribution in [3.8, 4) is 0 Å². The minimum atomic E-state index is -3.43. The molecule has 1 aliphatic carbocycles. The van der Waals surface area contributed by atoms with Gasteiger partial charge in [0, 0.05) is 6.20 Å². The summed E-state index contributed by atoms with van der Waals surface area (Å²) in [6.07, 6.45) is 7.41. The predicted octanol–water partition coefficient (Wildman–Crippen LogP) is 2.59. The van der Waals surface area contributed by atoms with Gasteiger partial charge in [0.05, 0.1) is 29.3 Å². The maximum Gasteiger partial charge on any atom is 0.341 e. The van der Waals surface area contributed by atoms with Crippen LogP contribution >= 0.6 is 0 Å². The van der Waals surface area contributed by atoms with Gasteiger partial charge in [0.25, 0.3) is 0 Å². The first-order chi connectivity index (χ1) is 11.5. The quantitative estimate of drug-likeness (QED) is 0.836. The molecule has 3 rings (SSSR count). The lowest BCUT2D eigenvalue weighted by atomic mass is 10.0. The average molecular weight is 351 g/mol. The Morgan fingerprint density at radius 2 is 2.12 bits per heavy atom. The standard InChI is InChI=1S/C16H21N3O4S/c1-2-23-16(20)14-11-17-19-9-8-12(10-15(14)19)18-24(21,22)13-6-4-3-5-7-13/h8-11,13,18H,2-7H2,1H3. The molecule has 0 amide bonds. The van der Waals surface area contributed by atoms with Gasteiger partial charge in [-0.1, -0.05) is 19.3 Å². The second-order valence-corrected chi connectivity index (χ2v) is 7.89. The van der Waals surface area contributed by atoms with Crippen molar-refractivity contribution in [3.63, 3.8) is 0 Å². The van der Waals surface area contributed by atoms with Crippen LogP contribution in [0.2, 0.25) is 0 Å². The maximum absolute atomic E-state index is 12.5. The van der Waals surface area contributed by atoms with Crippen LogP contribution < -0.4 is 4.72 Å². The van der Waals surface area contributed by atoms with Crippen LogP contribution in [0.3, 0.4) is 0 Å². The molecule has 1 N–H and O–H groups in total. The molecule has 7 nitrogen and oxygen atoms in total. The van der Waals surface area contributed by atoms with Gasteiger partial charge in [0.15, 0.2) is 0 Å². The Labute approximate surface area is 141 Å². The summed E-state index contributed by atoms with van der Waals surface area (Å²) in [7, 11) is -3.43. The molecule has 24 heavy (non-hydrogen) atoms. The molecule has 0 spiro atoms. The van der Waals surface area contributed by atoms with Gasteiger partial charge >= 0.3 is 5.97 Å². The van der Waals surface area contributed by atoms with Crippen molar-refractivity contribution in [3.05, 3.63) is 30.1 Å². The average Bonchev–Trinajstić information content (AvgIpc) is 2.99. The molecule has 0 saturated heterocycles. The molecule has 1 saturated carbocycles. The fourth-order valence-corrected chi connectivity index (χ4v) is 4.61. The number of hydrogen-bond acceptors (Lipinski definition) is 5. The lowest BCUT2D eigenvalue weighted by Gasteiger charge is -2.22. The predicted molar refractivity (Wildman–Crippen MR) is 90.6 cm³/mol. The third-order valence-electron chi connectivity index (χ3n) is 4.27. The third-order valence-corrected chi connectivity index (χ3v) is 6.14. The van der Waals surface area contributed by atoms with Crippen molar-refractivity contribution in [1.29, 1.82) is 0 Å². The molecule has 2 heterocycles. The first-order valence-corrected chi connectivity index (χ1v) is 9.72. The molecule has 0 atom stereocenters. The summed E-state index contributed by atoms with van der Waals surface area (Å²) in [5.41, 5.74) is 1.26. The normalized spacial score (nSPS) is 16.2. The van der Waals surface area contributed by atoms with Crippen LogP contribution in [0.4, 0.5) is 5.69 Å². The Morgan fingerprint density at radius 1 is 1.38 bits per heavy atom. The van der Waals surface area contributed by atoms with E-state index >= 15 is 0 Å². The highest BCUT2D eigenvalue weighted by atomic mass is 32.2. The van der Waals surface area contributed by atoms with E-state index in [2.05, 4.69) is 9.82 Å². The molecule has 2 aromatic rings. The molecule has 8 heteroatoms. The minimum Gasteiger partial charge on any atom is -0.462 e. The summed E-state index contributed by atoms with van der Waals surface area (Å²) in [5, 5.41) is 3.74. The van der Waals surface area contributed by atoms with Gasteiger partial charge in [-0.3, -0.25) is 4.72 Å². The number of ether oxygens (including phenoxy) is 1. The maximum atomic E-state index is 12.5. The highest BCUT2D eigenvalue weighted by molar-refractivity contribution is 7.93. The second-order valence-electron chi connectivity index (χ2n) is 5.93. The summed E-state index contributed by atoms with van der Waals surface area (Å²) >= 11 is 0. The summed E-state index contributed by atoms with van der Waals surface area (Å²) in [5.74, 6) is -0.472. The smallest absolute Gasteiger partial charge is 0.341 e. The van der Waals surface area contributed by atoms with Crippen LogP contribution in [-0.2, 0) is 14.8 Å². The number of carbonyl (C=O) groups excluding carboxylic acids is 1. The van der Waals surface area contributed by atoms with Crippen LogP contribution in [0.1, 0.15) is 49.4 Å². The van der Waals surface area contributed by atoms with E-state index in [4.69, 9.17) is 4.74 Å². The number of anilines is 1. The summed E-state index contributed by atoms with van der Waals surface area (Å²) in [6, 6.07) is 3.24. The van der Waals surface area contributed by atoms with E-state index in [1.54, 1.807) is 25.3 Å². The zero-order chi connectivity index (χ0) is 17.2. The summed E-state index contributed by atoms with van der Waals surface area (Å²) in [6.45, 7) is 2.00. The SMILES string of the molecule is CCOC(=O)c1cnn2ccc(NS(=O)(=O)C3CCCCC3)cc12. The van der Waals surface area contributed by atoms with E-state index < -0.39 is 16.0 Å². The Hall–Kier alpha value is -2.09. The number of nitrogens with zero attached hydrogens (tertiary/aromatic N) is 2. The first-order valence-electron chi connectivity index (χ1n) is 8.17. The molecule has 130 valence electrons. The first kappa shape index (κ1) is 16.8. The number of rotatable bonds is 5. The van der Waals surface area contributed by atoms with Crippen LogP contribution in [0.5, 0.6) is 0 Å². The summed E-state index contributed by atoms with van der Waals surface area (Å²) in [4.78, 5) is 11.9. The Bertz CT molecular complexity index is 838. The summed E-state index contributed by atoms with van der Waals surface area (Å²) < 4.78 is 34.2. The van der Waals surface area contributed by atoms with Gasteiger partial charge in [-0.2, -0.15) is 5.10 Å². The number of carbonyl (C=O) groups is 1. The minimum absolute atomic E-state index is 0.268. The number of pyridine rings is 1. The lowest BCUT2D eigenvalue weighted by Crippen LogP contribution is -2.29. The van der Waals surface area contributed by atoms with Crippen molar-refractivity contribution in [2.75, 3.05) is 11.3 Å². The van der Waals surface area contributed by atoms with Gasteiger partial charge in [-0.15, -0.1) is 0 Å². The molecule has 1 fully saturated rings. The Balaban J connectivity index is 1.87. The van der Waals surface area contributed by atoms with Crippen molar-refractivity contribution in [2.45, 2.75) is 44.3 Å². The van der Waals surface area contributed by atoms with Gasteiger partial charge in [0.2, 0.25) is 10.0 Å². The topological polar surface area (TPSA) is 89.8 Å². The molecule has 0 aromatic carbocycles. The molecule has 1 aliphatic rings. The molecule has 0 aliphatic heterocycles. The number of sulfonamides is 1. The van der Waals surface area contributed by atoms with E-state index in [1.165, 1.54) is 10.7 Å². The van der Waals surface area contributed by atoms with E-state index in [-0.39, 0.29) is 11.9 Å². The number of fused-ring (bicyclic) bond motifs is 1. The van der Waals surface area contributed by atoms with Crippen molar-refractivity contribution in [1.82, 2.24) is 9.61 Å². The van der Waals surface area contributed by atoms with E-state index in [9.17, 15) is 13.2 Å². The molecule has 2 aromatic heterocycles. The van der Waals surface area contributed by atoms with Crippen molar-refractivity contribution >= 4 is 27.2 Å². The van der Waals surface area contributed by atoms with E-state index in [1.807, 2.05) is 0 Å². The number of aromatic nitrogens is 2. The largest absolute Gasteiger partial charge is 0.462 e. The van der Waals surface area contributed by atoms with Gasteiger partial charge in [-0.05, 0) is 31.9 Å². The highest BCUT2D eigenvalue weighted by Gasteiger charge is 2.27. The fraction of sp³-hybridized carbons (Fsp3) is 0.500. The monoisotopic (exact) mass is 351 g/mol. The Morgan fingerprint density at radius 3 is 2.83 bits per heavy atom. The fourth-order valence-electron chi connectivity index (χ4n) is 3.03. The molecular formula is C16H21N3O4S. The number of hydrogen-bond donors (Lipinski definition) is 1. The van der Waals surface area contributed by atoms with Crippen LogP contribution in [0, 0.1) is 0 Å². The van der Waals surface area contributed by atoms with Gasteiger partial charge < -0.3 is 4.74 Å². The van der Waals surface area contributed by atoms with Gasteiger partial charge in [-0.25, -0.2) is 17.7 Å². The molecule has 0 radical (unpaired) electrons. The van der Waals surface area contributed by atoms with Crippen LogP contribution in [0.15, 0.2) is 24.5 Å². The zero-order valence-electron chi connectivity index (χ0n) is 13.6. The molecular weight excluding hydrogens is 330 g/mol. The zero-order valence-corrected chi connectivity index (χ0v) is 14.4. The number of esters is 1. The van der Waals surface area contributed by atoms with Crippen LogP contribution in [0.25, 0.3) is 5.52 Å². The molecule has 0 bridgehead atoms. The third kappa shape index (κ3) is 3.38. The van der Waals surface area contributed by atoms with Crippen molar-refractivity contribution in [2.24, 2.45) is 0 Å². The second kappa shape index (κ2) is 6.80. The van der Waals surface area contributed by atoms with Crippen molar-refractivity contribution < 1.29 is 17.9 Å². The van der Waals surface area contributed by atoms with E-state index in [0.29, 0.717) is 29.6 Å². The lowest BCUT2D eigenvalue weighted by molar-refractivity contribution is 0.0528. The van der Waals surface area contributed by atoms with Gasteiger partial charge in [0.1, 0.15) is 5.56 Å².